The van der Waals surface area contributed by atoms with Crippen LogP contribution >= 0.6 is 0 Å². The Labute approximate surface area is 71.1 Å². The van der Waals surface area contributed by atoms with Crippen molar-refractivity contribution in [3.8, 4) is 0 Å². The van der Waals surface area contributed by atoms with Crippen molar-refractivity contribution in [2.75, 3.05) is 0 Å². The van der Waals surface area contributed by atoms with Gasteiger partial charge < -0.3 is 0 Å². The molecule has 0 aromatic rings. The Morgan fingerprint density at radius 3 is 2.50 bits per heavy atom. The molecule has 0 aliphatic heterocycles. The van der Waals surface area contributed by atoms with Crippen molar-refractivity contribution in [3.05, 3.63) is 0 Å². The summed E-state index contributed by atoms with van der Waals surface area (Å²) in [4.78, 5) is 33.0. The first-order valence-electron chi connectivity index (χ1n) is 4.20. The van der Waals surface area contributed by atoms with Gasteiger partial charge in [0.1, 0.15) is 5.78 Å². The lowest BCUT2D eigenvalue weighted by Gasteiger charge is -2.17. The fourth-order valence-corrected chi connectivity index (χ4v) is 1.51. The maximum Gasteiger partial charge on any atom is 0.208 e. The van der Waals surface area contributed by atoms with Crippen LogP contribution in [0.4, 0.5) is 0 Å². The van der Waals surface area contributed by atoms with Crippen LogP contribution in [0.5, 0.6) is 0 Å². The minimum absolute atomic E-state index is 0.0542. The van der Waals surface area contributed by atoms with E-state index in [-0.39, 0.29) is 5.78 Å². The minimum Gasteiger partial charge on any atom is -0.299 e. The third-order valence-electron chi connectivity index (χ3n) is 2.22. The van der Waals surface area contributed by atoms with E-state index in [0.29, 0.717) is 12.8 Å². The van der Waals surface area contributed by atoms with E-state index in [1.807, 2.05) is 0 Å². The quantitative estimate of drug-likeness (QED) is 0.454. The van der Waals surface area contributed by atoms with Crippen LogP contribution in [0.15, 0.2) is 0 Å². The van der Waals surface area contributed by atoms with Gasteiger partial charge in [-0.25, -0.2) is 0 Å². The summed E-state index contributed by atoms with van der Waals surface area (Å²) in [6.45, 7) is 1.23. The highest BCUT2D eigenvalue weighted by molar-refractivity contribution is 6.40. The normalized spacial score (nSPS) is 23.8. The molecule has 0 spiro atoms. The molecule has 1 unspecified atom stereocenters. The van der Waals surface area contributed by atoms with E-state index in [1.165, 1.54) is 6.92 Å². The van der Waals surface area contributed by atoms with Gasteiger partial charge in [-0.2, -0.15) is 0 Å². The lowest BCUT2D eigenvalue weighted by molar-refractivity contribution is -0.142. The van der Waals surface area contributed by atoms with Gasteiger partial charge in [-0.05, 0) is 12.8 Å². The Balaban J connectivity index is 2.66. The molecule has 1 aliphatic carbocycles. The summed E-state index contributed by atoms with van der Waals surface area (Å²) in [6.07, 6.45) is 2.77. The molecule has 1 rings (SSSR count). The lowest BCUT2D eigenvalue weighted by atomic mass is 9.84. The molecule has 1 atom stereocenters. The fourth-order valence-electron chi connectivity index (χ4n) is 1.51. The van der Waals surface area contributed by atoms with Crippen LogP contribution in [-0.4, -0.2) is 17.3 Å². The second kappa shape index (κ2) is 3.61. The maximum atomic E-state index is 11.2. The largest absolute Gasteiger partial charge is 0.299 e. The molecule has 1 aliphatic rings. The first kappa shape index (κ1) is 9.10. The molecule has 66 valence electrons. The predicted octanol–water partition coefficient (Wildman–Crippen LogP) is 0.904. The zero-order chi connectivity index (χ0) is 9.14. The van der Waals surface area contributed by atoms with Crippen LogP contribution in [0.2, 0.25) is 0 Å². The molecule has 0 bridgehead atoms. The lowest BCUT2D eigenvalue weighted by Crippen LogP contribution is -2.31. The van der Waals surface area contributed by atoms with Crippen LogP contribution in [0.3, 0.4) is 0 Å². The van der Waals surface area contributed by atoms with Crippen LogP contribution in [0.25, 0.3) is 0 Å². The van der Waals surface area contributed by atoms with Crippen LogP contribution in [-0.2, 0) is 14.4 Å². The first-order chi connectivity index (χ1) is 5.63. The highest BCUT2D eigenvalue weighted by Gasteiger charge is 2.30. The van der Waals surface area contributed by atoms with Crippen LogP contribution in [0.1, 0.15) is 32.6 Å². The monoisotopic (exact) mass is 168 g/mol. The molecule has 0 aromatic carbocycles. The summed E-state index contributed by atoms with van der Waals surface area (Å²) in [5.41, 5.74) is 0. The van der Waals surface area contributed by atoms with Crippen molar-refractivity contribution in [1.29, 1.82) is 0 Å². The van der Waals surface area contributed by atoms with Gasteiger partial charge >= 0.3 is 0 Å². The number of hydrogen-bond acceptors (Lipinski definition) is 3. The molecule has 0 radical (unpaired) electrons. The summed E-state index contributed by atoms with van der Waals surface area (Å²) in [5.74, 6) is -1.66. The summed E-state index contributed by atoms with van der Waals surface area (Å²) in [7, 11) is 0. The molecule has 0 aromatic heterocycles. The van der Waals surface area contributed by atoms with Crippen LogP contribution in [0, 0.1) is 5.92 Å². The number of carbonyl (C=O) groups excluding carboxylic acids is 3. The average Bonchev–Trinajstić information content (AvgIpc) is 2.04. The molecule has 3 heteroatoms. The number of carbonyl (C=O) groups is 3. The summed E-state index contributed by atoms with van der Waals surface area (Å²) in [6, 6.07) is 0. The molecule has 0 heterocycles. The van der Waals surface area contributed by atoms with Gasteiger partial charge in [0.2, 0.25) is 5.78 Å². The van der Waals surface area contributed by atoms with Gasteiger partial charge in [-0.1, -0.05) is 6.42 Å². The second-order valence-corrected chi connectivity index (χ2v) is 3.19. The number of Topliss-reactive ketones (excluding diaryl/α,β-unsaturated/α-hetero) is 3. The van der Waals surface area contributed by atoms with Gasteiger partial charge in [0.05, 0.1) is 5.92 Å². The topological polar surface area (TPSA) is 51.2 Å². The minimum atomic E-state index is -0.615. The van der Waals surface area contributed by atoms with Gasteiger partial charge in [-0.15, -0.1) is 0 Å². The maximum absolute atomic E-state index is 11.2. The van der Waals surface area contributed by atoms with Crippen molar-refractivity contribution in [1.82, 2.24) is 0 Å². The molecule has 0 N–H and O–H groups in total. The molecule has 3 nitrogen and oxygen atoms in total. The summed E-state index contributed by atoms with van der Waals surface area (Å²) in [5, 5.41) is 0. The zero-order valence-electron chi connectivity index (χ0n) is 7.13. The molecular formula is C9H12O3. The van der Waals surface area contributed by atoms with Crippen LogP contribution < -0.4 is 0 Å². The van der Waals surface area contributed by atoms with Gasteiger partial charge in [-0.3, -0.25) is 14.4 Å². The Morgan fingerprint density at radius 1 is 1.33 bits per heavy atom. The summed E-state index contributed by atoms with van der Waals surface area (Å²) >= 11 is 0. The third kappa shape index (κ3) is 1.78. The van der Waals surface area contributed by atoms with E-state index in [2.05, 4.69) is 0 Å². The smallest absolute Gasteiger partial charge is 0.208 e. The van der Waals surface area contributed by atoms with Gasteiger partial charge in [0.25, 0.3) is 0 Å². The Bertz CT molecular complexity index is 230. The van der Waals surface area contributed by atoms with E-state index < -0.39 is 17.5 Å². The number of hydrogen-bond donors (Lipinski definition) is 0. The predicted molar refractivity (Wildman–Crippen MR) is 42.7 cm³/mol. The molecule has 12 heavy (non-hydrogen) atoms. The van der Waals surface area contributed by atoms with E-state index in [9.17, 15) is 14.4 Å². The standard InChI is InChI=1S/C9H12O3/c1-6(10)9(12)7-4-2-3-5-8(7)11/h7H,2-5H2,1H3. The first-order valence-corrected chi connectivity index (χ1v) is 4.20. The molecule has 1 fully saturated rings. The number of ketones is 3. The summed E-state index contributed by atoms with van der Waals surface area (Å²) < 4.78 is 0. The van der Waals surface area contributed by atoms with E-state index in [4.69, 9.17) is 0 Å². The van der Waals surface area contributed by atoms with Crippen molar-refractivity contribution >= 4 is 17.3 Å². The third-order valence-corrected chi connectivity index (χ3v) is 2.22. The SMILES string of the molecule is CC(=O)C(=O)C1CCCCC1=O. The Kier molecular flexibility index (Phi) is 2.74. The van der Waals surface area contributed by atoms with E-state index >= 15 is 0 Å². The van der Waals surface area contributed by atoms with Crippen molar-refractivity contribution < 1.29 is 14.4 Å². The molecule has 0 amide bonds. The second-order valence-electron chi connectivity index (χ2n) is 3.19. The Morgan fingerprint density at radius 2 is 2.00 bits per heavy atom. The fraction of sp³-hybridized carbons (Fsp3) is 0.667. The number of rotatable bonds is 2. The van der Waals surface area contributed by atoms with Gasteiger partial charge in [0, 0.05) is 13.3 Å². The van der Waals surface area contributed by atoms with Crippen molar-refractivity contribution in [2.45, 2.75) is 32.6 Å². The average molecular weight is 168 g/mol. The highest BCUT2D eigenvalue weighted by atomic mass is 16.2. The van der Waals surface area contributed by atoms with E-state index in [0.717, 1.165) is 12.8 Å². The van der Waals surface area contributed by atoms with E-state index in [1.54, 1.807) is 0 Å². The molecule has 0 saturated heterocycles. The Hall–Kier alpha value is -0.990. The van der Waals surface area contributed by atoms with Crippen molar-refractivity contribution in [3.63, 3.8) is 0 Å². The molecular weight excluding hydrogens is 156 g/mol. The van der Waals surface area contributed by atoms with Gasteiger partial charge in [0.15, 0.2) is 5.78 Å². The molecule has 1 saturated carbocycles. The zero-order valence-corrected chi connectivity index (χ0v) is 7.13. The highest BCUT2D eigenvalue weighted by Crippen LogP contribution is 2.21. The van der Waals surface area contributed by atoms with Crippen molar-refractivity contribution in [2.24, 2.45) is 5.92 Å².